The van der Waals surface area contributed by atoms with E-state index in [1.165, 1.54) is 5.56 Å². The largest absolute Gasteiger partial charge is 0.368 e. The first-order chi connectivity index (χ1) is 13.7. The van der Waals surface area contributed by atoms with Crippen LogP contribution in [0.25, 0.3) is 22.5 Å². The van der Waals surface area contributed by atoms with Gasteiger partial charge in [0.2, 0.25) is 17.7 Å². The number of benzene rings is 1. The monoisotopic (exact) mass is 370 g/mol. The van der Waals surface area contributed by atoms with E-state index in [9.17, 15) is 0 Å². The van der Waals surface area contributed by atoms with Crippen molar-refractivity contribution in [2.45, 2.75) is 24.7 Å². The van der Waals surface area contributed by atoms with E-state index in [0.29, 0.717) is 11.7 Å². The summed E-state index contributed by atoms with van der Waals surface area (Å²) in [7, 11) is 0. The van der Waals surface area contributed by atoms with Crippen LogP contribution in [0, 0.1) is 0 Å². The van der Waals surface area contributed by atoms with E-state index in [1.807, 2.05) is 12.1 Å². The van der Waals surface area contributed by atoms with Gasteiger partial charge in [-0.25, -0.2) is 9.97 Å². The molecule has 7 nitrogen and oxygen atoms in total. The lowest BCUT2D eigenvalue weighted by Crippen LogP contribution is -2.35. The molecular formula is C21H18N6O. The minimum Gasteiger partial charge on any atom is -0.368 e. The second-order valence-electron chi connectivity index (χ2n) is 7.01. The minimum atomic E-state index is -0.219. The zero-order chi connectivity index (χ0) is 19.0. The Hall–Kier alpha value is -3.61. The third-order valence-electron chi connectivity index (χ3n) is 5.40. The molecule has 5 rings (SSSR count). The van der Waals surface area contributed by atoms with Crippen LogP contribution in [-0.4, -0.2) is 25.1 Å². The highest BCUT2D eigenvalue weighted by molar-refractivity contribution is 5.63. The molecule has 28 heavy (non-hydrogen) atoms. The van der Waals surface area contributed by atoms with Gasteiger partial charge in [0.05, 0.1) is 5.41 Å². The molecular weight excluding hydrogens is 352 g/mol. The molecule has 1 aromatic carbocycles. The molecule has 0 bridgehead atoms. The zero-order valence-corrected chi connectivity index (χ0v) is 15.1. The molecule has 0 saturated heterocycles. The van der Waals surface area contributed by atoms with Gasteiger partial charge in [0.25, 0.3) is 0 Å². The molecule has 0 amide bonds. The molecule has 7 heteroatoms. The fourth-order valence-corrected chi connectivity index (χ4v) is 3.66. The first kappa shape index (κ1) is 16.6. The average Bonchev–Trinajstić information content (AvgIpc) is 3.19. The first-order valence-electron chi connectivity index (χ1n) is 9.18. The molecule has 0 atom stereocenters. The maximum atomic E-state index is 5.69. The van der Waals surface area contributed by atoms with Crippen molar-refractivity contribution < 1.29 is 4.52 Å². The Morgan fingerprint density at radius 1 is 0.893 bits per heavy atom. The maximum Gasteiger partial charge on any atom is 0.237 e. The number of anilines is 1. The topological polar surface area (TPSA) is 104 Å². The van der Waals surface area contributed by atoms with Crippen molar-refractivity contribution in [1.82, 2.24) is 25.1 Å². The van der Waals surface area contributed by atoms with E-state index in [2.05, 4.69) is 49.4 Å². The number of hydrogen-bond donors (Lipinski definition) is 1. The number of rotatable bonds is 4. The summed E-state index contributed by atoms with van der Waals surface area (Å²) in [5, 5.41) is 4.18. The highest BCUT2D eigenvalue weighted by Gasteiger charge is 2.45. The third kappa shape index (κ3) is 2.72. The summed E-state index contributed by atoms with van der Waals surface area (Å²) in [6.07, 6.45) is 10.1. The molecule has 1 aliphatic rings. The Morgan fingerprint density at radius 2 is 1.68 bits per heavy atom. The van der Waals surface area contributed by atoms with Crippen LogP contribution in [0.5, 0.6) is 0 Å². The van der Waals surface area contributed by atoms with E-state index < -0.39 is 0 Å². The van der Waals surface area contributed by atoms with E-state index in [1.54, 1.807) is 24.8 Å². The van der Waals surface area contributed by atoms with Crippen LogP contribution >= 0.6 is 0 Å². The molecule has 3 heterocycles. The lowest BCUT2D eigenvalue weighted by molar-refractivity contribution is 0.216. The van der Waals surface area contributed by atoms with Gasteiger partial charge >= 0.3 is 0 Å². The molecule has 0 unspecified atom stereocenters. The molecule has 3 aromatic heterocycles. The summed E-state index contributed by atoms with van der Waals surface area (Å²) in [6.45, 7) is 0. The van der Waals surface area contributed by atoms with E-state index in [-0.39, 0.29) is 11.4 Å². The maximum absolute atomic E-state index is 5.69. The molecule has 1 aliphatic carbocycles. The average molecular weight is 370 g/mol. The predicted octanol–water partition coefficient (Wildman–Crippen LogP) is 3.64. The summed E-state index contributed by atoms with van der Waals surface area (Å²) < 4.78 is 5.69. The van der Waals surface area contributed by atoms with Crippen molar-refractivity contribution in [3.8, 4) is 22.5 Å². The van der Waals surface area contributed by atoms with Crippen molar-refractivity contribution in [3.05, 3.63) is 72.6 Å². The quantitative estimate of drug-likeness (QED) is 0.585. The molecule has 0 spiro atoms. The van der Waals surface area contributed by atoms with Gasteiger partial charge in [0.15, 0.2) is 0 Å². The Morgan fingerprint density at radius 3 is 2.32 bits per heavy atom. The van der Waals surface area contributed by atoms with Gasteiger partial charge in [0.1, 0.15) is 0 Å². The van der Waals surface area contributed by atoms with Crippen molar-refractivity contribution in [2.75, 3.05) is 5.73 Å². The second kappa shape index (κ2) is 6.53. The Balaban J connectivity index is 1.47. The number of hydrogen-bond acceptors (Lipinski definition) is 7. The SMILES string of the molecule is Nc1ncc(-c2ccc(C3(c4nc(-c5cccnc5)no4)CCC3)cc2)cn1. The van der Waals surface area contributed by atoms with E-state index in [0.717, 1.165) is 36.0 Å². The number of aromatic nitrogens is 5. The van der Waals surface area contributed by atoms with Gasteiger partial charge in [0, 0.05) is 35.9 Å². The number of nitrogens with two attached hydrogens (primary N) is 1. The molecule has 1 fully saturated rings. The molecule has 0 aliphatic heterocycles. The van der Waals surface area contributed by atoms with Gasteiger partial charge in [-0.1, -0.05) is 35.8 Å². The Labute approximate surface area is 161 Å². The Bertz CT molecular complexity index is 1090. The zero-order valence-electron chi connectivity index (χ0n) is 15.1. The number of nitrogen functional groups attached to an aromatic ring is 1. The van der Waals surface area contributed by atoms with Gasteiger partial charge in [-0.05, 0) is 36.1 Å². The fraction of sp³-hybridized carbons (Fsp3) is 0.190. The predicted molar refractivity (Wildman–Crippen MR) is 104 cm³/mol. The summed E-state index contributed by atoms with van der Waals surface area (Å²) in [5.41, 5.74) is 9.36. The minimum absolute atomic E-state index is 0.219. The van der Waals surface area contributed by atoms with Crippen LogP contribution in [0.1, 0.15) is 30.7 Å². The molecule has 4 aromatic rings. The van der Waals surface area contributed by atoms with Crippen LogP contribution < -0.4 is 5.73 Å². The molecule has 2 N–H and O–H groups in total. The van der Waals surface area contributed by atoms with Gasteiger partial charge in [-0.2, -0.15) is 4.98 Å². The van der Waals surface area contributed by atoms with Crippen LogP contribution in [0.4, 0.5) is 5.95 Å². The lowest BCUT2D eigenvalue weighted by Gasteiger charge is -2.39. The highest BCUT2D eigenvalue weighted by Crippen LogP contribution is 2.48. The van der Waals surface area contributed by atoms with E-state index in [4.69, 9.17) is 10.3 Å². The van der Waals surface area contributed by atoms with Gasteiger partial charge < -0.3 is 10.3 Å². The summed E-state index contributed by atoms with van der Waals surface area (Å²) in [5.74, 6) is 1.51. The van der Waals surface area contributed by atoms with Crippen molar-refractivity contribution in [1.29, 1.82) is 0 Å². The number of nitrogens with zero attached hydrogens (tertiary/aromatic N) is 5. The smallest absolute Gasteiger partial charge is 0.237 e. The van der Waals surface area contributed by atoms with Crippen molar-refractivity contribution in [2.24, 2.45) is 0 Å². The lowest BCUT2D eigenvalue weighted by atomic mass is 9.64. The summed E-state index contributed by atoms with van der Waals surface area (Å²) in [4.78, 5) is 16.9. The van der Waals surface area contributed by atoms with Gasteiger partial charge in [-0.15, -0.1) is 0 Å². The number of pyridine rings is 1. The van der Waals surface area contributed by atoms with Crippen LogP contribution in [0.2, 0.25) is 0 Å². The van der Waals surface area contributed by atoms with Crippen LogP contribution in [-0.2, 0) is 5.41 Å². The summed E-state index contributed by atoms with van der Waals surface area (Å²) >= 11 is 0. The molecule has 0 radical (unpaired) electrons. The Kier molecular flexibility index (Phi) is 3.86. The van der Waals surface area contributed by atoms with Crippen LogP contribution in [0.3, 0.4) is 0 Å². The summed E-state index contributed by atoms with van der Waals surface area (Å²) in [6, 6.07) is 12.2. The first-order valence-corrected chi connectivity index (χ1v) is 9.18. The molecule has 138 valence electrons. The standard InChI is InChI=1S/C21H18N6O/c22-20-24-12-16(13-25-20)14-4-6-17(7-5-14)21(8-2-9-21)19-26-18(27-28-19)15-3-1-10-23-11-15/h1,3-7,10-13H,2,8-9H2,(H2,22,24,25). The van der Waals surface area contributed by atoms with E-state index >= 15 is 0 Å². The second-order valence-corrected chi connectivity index (χ2v) is 7.01. The normalized spacial score (nSPS) is 15.1. The highest BCUT2D eigenvalue weighted by atomic mass is 16.5. The van der Waals surface area contributed by atoms with Crippen LogP contribution in [0.15, 0.2) is 65.7 Å². The van der Waals surface area contributed by atoms with Gasteiger partial charge in [-0.3, -0.25) is 4.98 Å². The van der Waals surface area contributed by atoms with Crippen molar-refractivity contribution in [3.63, 3.8) is 0 Å². The third-order valence-corrected chi connectivity index (χ3v) is 5.40. The molecule has 1 saturated carbocycles. The fourth-order valence-electron chi connectivity index (χ4n) is 3.66. The van der Waals surface area contributed by atoms with Crippen molar-refractivity contribution >= 4 is 5.95 Å².